The Labute approximate surface area is 86.3 Å². The van der Waals surface area contributed by atoms with Gasteiger partial charge in [0, 0.05) is 7.11 Å². The smallest absolute Gasteiger partial charge is 0.136 e. The van der Waals surface area contributed by atoms with Crippen LogP contribution in [0.1, 0.15) is 34.1 Å². The normalized spacial score (nSPS) is 16.7. The Morgan fingerprint density at radius 3 is 2.29 bits per heavy atom. The molecule has 5 heteroatoms. The molecule has 0 spiro atoms. The molecule has 0 heterocycles. The van der Waals surface area contributed by atoms with E-state index in [1.165, 1.54) is 0 Å². The molecule has 4 N–H and O–H groups in total. The first-order valence-corrected chi connectivity index (χ1v) is 4.81. The second kappa shape index (κ2) is 5.63. The number of nitrogens with two attached hydrogens (primary N) is 1. The number of nitrogens with one attached hydrogen (secondary N) is 2. The first-order chi connectivity index (χ1) is 6.33. The van der Waals surface area contributed by atoms with E-state index in [0.717, 1.165) is 6.42 Å². The summed E-state index contributed by atoms with van der Waals surface area (Å²) in [6.45, 7) is 8.09. The van der Waals surface area contributed by atoms with Crippen LogP contribution >= 0.6 is 0 Å². The minimum Gasteiger partial charge on any atom is -0.369 e. The molecule has 5 nitrogen and oxygen atoms in total. The van der Waals surface area contributed by atoms with Gasteiger partial charge in [0.15, 0.2) is 0 Å². The van der Waals surface area contributed by atoms with E-state index in [0.29, 0.717) is 6.73 Å². The van der Waals surface area contributed by atoms with Gasteiger partial charge in [-0.25, -0.2) is 0 Å². The average molecular weight is 205 g/mol. The number of ether oxygens (including phenoxy) is 1. The van der Waals surface area contributed by atoms with E-state index < -0.39 is 11.4 Å². The van der Waals surface area contributed by atoms with Crippen molar-refractivity contribution in [3.63, 3.8) is 0 Å². The zero-order valence-electron chi connectivity index (χ0n) is 9.81. The third-order valence-electron chi connectivity index (χ3n) is 1.92. The molecule has 0 saturated carbocycles. The molecule has 1 unspecified atom stereocenters. The summed E-state index contributed by atoms with van der Waals surface area (Å²) in [6, 6.07) is 0. The molecule has 0 radical (unpaired) electrons. The Hall–Kier alpha value is -0.200. The fourth-order valence-corrected chi connectivity index (χ4v) is 0.598. The summed E-state index contributed by atoms with van der Waals surface area (Å²) < 4.78 is 4.89. The molecule has 0 bridgehead atoms. The van der Waals surface area contributed by atoms with Gasteiger partial charge >= 0.3 is 0 Å². The molecular formula is C9H23N3O2. The van der Waals surface area contributed by atoms with Crippen LogP contribution in [0.3, 0.4) is 0 Å². The van der Waals surface area contributed by atoms with Gasteiger partial charge in [0.1, 0.15) is 5.72 Å². The molecule has 0 aromatic carbocycles. The summed E-state index contributed by atoms with van der Waals surface area (Å²) in [7, 11) is 1.62. The van der Waals surface area contributed by atoms with Gasteiger partial charge in [-0.2, -0.15) is 5.48 Å². The summed E-state index contributed by atoms with van der Waals surface area (Å²) in [6.07, 6.45) is 0.785. The maximum absolute atomic E-state index is 5.86. The largest absolute Gasteiger partial charge is 0.369 e. The Kier molecular flexibility index (Phi) is 5.54. The van der Waals surface area contributed by atoms with Crippen LogP contribution in [0.4, 0.5) is 0 Å². The van der Waals surface area contributed by atoms with Crippen molar-refractivity contribution in [3.8, 4) is 0 Å². The monoisotopic (exact) mass is 205 g/mol. The molecule has 86 valence electrons. The number of rotatable bonds is 7. The highest BCUT2D eigenvalue weighted by Crippen LogP contribution is 2.06. The molecule has 14 heavy (non-hydrogen) atoms. The first-order valence-electron chi connectivity index (χ1n) is 4.81. The number of hydroxylamine groups is 1. The molecule has 0 rings (SSSR count). The van der Waals surface area contributed by atoms with E-state index in [1.54, 1.807) is 7.11 Å². The van der Waals surface area contributed by atoms with Crippen LogP contribution in [-0.4, -0.2) is 25.2 Å². The fourth-order valence-electron chi connectivity index (χ4n) is 0.598. The van der Waals surface area contributed by atoms with Gasteiger partial charge in [0.2, 0.25) is 0 Å². The third kappa shape index (κ3) is 6.28. The standard InChI is InChI=1S/C9H23N3O2/c1-6-9(4,10)12-14-8(2,3)11-7-13-5/h11-12H,6-7,10H2,1-5H3. The molecule has 0 aliphatic carbocycles. The maximum atomic E-state index is 5.86. The predicted molar refractivity (Wildman–Crippen MR) is 56.2 cm³/mol. The lowest BCUT2D eigenvalue weighted by Crippen LogP contribution is -2.56. The quantitative estimate of drug-likeness (QED) is 0.417. The van der Waals surface area contributed by atoms with Crippen molar-refractivity contribution in [1.29, 1.82) is 0 Å². The highest BCUT2D eigenvalue weighted by molar-refractivity contribution is 4.70. The van der Waals surface area contributed by atoms with Crippen molar-refractivity contribution in [1.82, 2.24) is 10.8 Å². The van der Waals surface area contributed by atoms with E-state index in [-0.39, 0.29) is 0 Å². The topological polar surface area (TPSA) is 68.5 Å². The summed E-state index contributed by atoms with van der Waals surface area (Å²) in [5.41, 5.74) is 7.66. The lowest BCUT2D eigenvalue weighted by molar-refractivity contribution is -0.144. The zero-order valence-corrected chi connectivity index (χ0v) is 9.81. The van der Waals surface area contributed by atoms with Crippen molar-refractivity contribution >= 4 is 0 Å². The molecule has 0 aromatic heterocycles. The Bertz CT molecular complexity index is 160. The molecule has 1 atom stereocenters. The Morgan fingerprint density at radius 1 is 1.29 bits per heavy atom. The van der Waals surface area contributed by atoms with Crippen LogP contribution in [0.5, 0.6) is 0 Å². The van der Waals surface area contributed by atoms with Crippen LogP contribution in [0, 0.1) is 0 Å². The van der Waals surface area contributed by atoms with Gasteiger partial charge < -0.3 is 10.5 Å². The van der Waals surface area contributed by atoms with E-state index >= 15 is 0 Å². The Balaban J connectivity index is 3.85. The minimum absolute atomic E-state index is 0.433. The lowest BCUT2D eigenvalue weighted by Gasteiger charge is -2.32. The number of hydrogen-bond acceptors (Lipinski definition) is 5. The van der Waals surface area contributed by atoms with Gasteiger partial charge in [-0.1, -0.05) is 6.92 Å². The van der Waals surface area contributed by atoms with E-state index in [1.807, 2.05) is 27.7 Å². The van der Waals surface area contributed by atoms with Crippen LogP contribution in [0.25, 0.3) is 0 Å². The van der Waals surface area contributed by atoms with Crippen molar-refractivity contribution < 1.29 is 9.57 Å². The first kappa shape index (κ1) is 13.8. The molecule has 0 fully saturated rings. The SMILES string of the molecule is CCC(C)(N)NOC(C)(C)NCOC. The van der Waals surface area contributed by atoms with E-state index in [2.05, 4.69) is 10.8 Å². The molecule has 0 saturated heterocycles. The highest BCUT2D eigenvalue weighted by atomic mass is 16.7. The average Bonchev–Trinajstić information content (AvgIpc) is 2.12. The van der Waals surface area contributed by atoms with Gasteiger partial charge in [0.25, 0.3) is 0 Å². The molecule has 0 amide bonds. The Morgan fingerprint density at radius 2 is 1.86 bits per heavy atom. The van der Waals surface area contributed by atoms with Gasteiger partial charge in [-0.15, -0.1) is 0 Å². The van der Waals surface area contributed by atoms with Crippen molar-refractivity contribution in [2.45, 2.75) is 45.5 Å². The zero-order chi connectivity index (χ0) is 11.2. The summed E-state index contributed by atoms with van der Waals surface area (Å²) in [5.74, 6) is 0. The third-order valence-corrected chi connectivity index (χ3v) is 1.92. The lowest BCUT2D eigenvalue weighted by atomic mass is 10.2. The van der Waals surface area contributed by atoms with Crippen LogP contribution in [-0.2, 0) is 9.57 Å². The van der Waals surface area contributed by atoms with Crippen molar-refractivity contribution in [3.05, 3.63) is 0 Å². The summed E-state index contributed by atoms with van der Waals surface area (Å²) in [5, 5.41) is 3.04. The van der Waals surface area contributed by atoms with Crippen LogP contribution in [0.15, 0.2) is 0 Å². The van der Waals surface area contributed by atoms with Gasteiger partial charge in [-0.05, 0) is 27.2 Å². The summed E-state index contributed by atoms with van der Waals surface area (Å²) >= 11 is 0. The minimum atomic E-state index is -0.508. The molecule has 0 aliphatic heterocycles. The second-order valence-electron chi connectivity index (χ2n) is 4.10. The highest BCUT2D eigenvalue weighted by Gasteiger charge is 2.22. The molecule has 0 aliphatic rings. The van der Waals surface area contributed by atoms with Crippen molar-refractivity contribution in [2.75, 3.05) is 13.8 Å². The van der Waals surface area contributed by atoms with Crippen molar-refractivity contribution in [2.24, 2.45) is 5.73 Å². The maximum Gasteiger partial charge on any atom is 0.136 e. The van der Waals surface area contributed by atoms with Gasteiger partial charge in [0.05, 0.1) is 12.4 Å². The van der Waals surface area contributed by atoms with Crippen LogP contribution in [0.2, 0.25) is 0 Å². The second-order valence-corrected chi connectivity index (χ2v) is 4.10. The molecular weight excluding hydrogens is 182 g/mol. The summed E-state index contributed by atoms with van der Waals surface area (Å²) in [4.78, 5) is 5.42. The number of hydrogen-bond donors (Lipinski definition) is 3. The molecule has 0 aromatic rings. The van der Waals surface area contributed by atoms with E-state index in [4.69, 9.17) is 15.3 Å². The van der Waals surface area contributed by atoms with E-state index in [9.17, 15) is 0 Å². The number of methoxy groups -OCH3 is 1. The van der Waals surface area contributed by atoms with Gasteiger partial charge in [-0.3, -0.25) is 10.2 Å². The fraction of sp³-hybridized carbons (Fsp3) is 1.00. The predicted octanol–water partition coefficient (Wildman–Crippen LogP) is 0.522. The van der Waals surface area contributed by atoms with Crippen LogP contribution < -0.4 is 16.5 Å².